The maximum atomic E-state index is 13.0. The summed E-state index contributed by atoms with van der Waals surface area (Å²) in [6.45, 7) is 8.17. The molecule has 1 N–H and O–H groups in total. The lowest BCUT2D eigenvalue weighted by molar-refractivity contribution is -0.138. The Kier molecular flexibility index (Phi) is 7.26. The molecule has 3 fully saturated rings. The fourth-order valence-corrected chi connectivity index (χ4v) is 5.44. The predicted octanol–water partition coefficient (Wildman–Crippen LogP) is 3.58. The van der Waals surface area contributed by atoms with Crippen LogP contribution in [0.15, 0.2) is 18.3 Å². The van der Waals surface area contributed by atoms with E-state index in [-0.39, 0.29) is 11.8 Å². The molecule has 0 spiro atoms. The van der Waals surface area contributed by atoms with Crippen molar-refractivity contribution in [3.63, 3.8) is 0 Å². The van der Waals surface area contributed by atoms with E-state index in [1.807, 2.05) is 12.1 Å². The number of hydrogen-bond acceptors (Lipinski definition) is 4. The zero-order valence-electron chi connectivity index (χ0n) is 19.2. The number of hydrogen-bond donors (Lipinski definition) is 1. The van der Waals surface area contributed by atoms with Crippen LogP contribution in [-0.4, -0.2) is 64.9 Å². The quantitative estimate of drug-likeness (QED) is 0.782. The fourth-order valence-electron chi connectivity index (χ4n) is 5.44. The Bertz CT molecular complexity index is 741. The number of aromatic nitrogens is 1. The van der Waals surface area contributed by atoms with Crippen molar-refractivity contribution < 1.29 is 9.59 Å². The highest BCUT2D eigenvalue weighted by atomic mass is 16.2. The van der Waals surface area contributed by atoms with E-state index in [4.69, 9.17) is 0 Å². The van der Waals surface area contributed by atoms with Crippen molar-refractivity contribution in [3.8, 4) is 0 Å². The first-order valence-electron chi connectivity index (χ1n) is 12.3. The third kappa shape index (κ3) is 5.46. The molecule has 2 aliphatic heterocycles. The van der Waals surface area contributed by atoms with E-state index in [1.54, 1.807) is 6.20 Å². The molecule has 3 heterocycles. The maximum absolute atomic E-state index is 13.0. The van der Waals surface area contributed by atoms with E-state index < -0.39 is 0 Å². The summed E-state index contributed by atoms with van der Waals surface area (Å²) in [6, 6.07) is 4.81. The lowest BCUT2D eigenvalue weighted by Gasteiger charge is -2.38. The van der Waals surface area contributed by atoms with E-state index in [1.165, 1.54) is 12.8 Å². The average molecular weight is 427 g/mol. The van der Waals surface area contributed by atoms with Gasteiger partial charge in [-0.1, -0.05) is 12.8 Å². The first-order valence-corrected chi connectivity index (χ1v) is 12.3. The maximum Gasteiger partial charge on any atom is 0.253 e. The van der Waals surface area contributed by atoms with Crippen LogP contribution in [0.5, 0.6) is 0 Å². The number of amides is 2. The smallest absolute Gasteiger partial charge is 0.253 e. The van der Waals surface area contributed by atoms with Gasteiger partial charge < -0.3 is 15.1 Å². The Hall–Kier alpha value is -1.95. The monoisotopic (exact) mass is 426 g/mol. The van der Waals surface area contributed by atoms with Gasteiger partial charge in [0.2, 0.25) is 5.91 Å². The number of likely N-dealkylation sites (tertiary alicyclic amines) is 2. The molecule has 1 aromatic heterocycles. The van der Waals surface area contributed by atoms with Gasteiger partial charge in [0.05, 0.1) is 5.56 Å². The van der Waals surface area contributed by atoms with Crippen LogP contribution >= 0.6 is 0 Å². The van der Waals surface area contributed by atoms with Crippen LogP contribution in [-0.2, 0) is 4.79 Å². The van der Waals surface area contributed by atoms with Crippen molar-refractivity contribution in [2.24, 2.45) is 5.92 Å². The van der Waals surface area contributed by atoms with Crippen LogP contribution in [0.3, 0.4) is 0 Å². The summed E-state index contributed by atoms with van der Waals surface area (Å²) in [7, 11) is 0. The largest absolute Gasteiger partial charge is 0.349 e. The molecular weight excluding hydrogens is 388 g/mol. The van der Waals surface area contributed by atoms with Crippen LogP contribution in [0.1, 0.15) is 87.2 Å². The molecule has 0 radical (unpaired) electrons. The summed E-state index contributed by atoms with van der Waals surface area (Å²) in [5, 5.41) is 3.13. The highest BCUT2D eigenvalue weighted by Gasteiger charge is 2.32. The van der Waals surface area contributed by atoms with E-state index in [0.717, 1.165) is 70.4 Å². The van der Waals surface area contributed by atoms with Crippen molar-refractivity contribution in [2.75, 3.05) is 26.2 Å². The Labute approximate surface area is 186 Å². The van der Waals surface area contributed by atoms with Crippen LogP contribution in [0.4, 0.5) is 0 Å². The van der Waals surface area contributed by atoms with Crippen molar-refractivity contribution in [1.82, 2.24) is 20.1 Å². The Morgan fingerprint density at radius 3 is 2.23 bits per heavy atom. The number of carbonyl (C=O) groups is 2. The normalized spacial score (nSPS) is 22.2. The summed E-state index contributed by atoms with van der Waals surface area (Å²) >= 11 is 0. The second-order valence-electron chi connectivity index (χ2n) is 9.93. The molecule has 1 aliphatic carbocycles. The summed E-state index contributed by atoms with van der Waals surface area (Å²) in [4.78, 5) is 34.6. The molecule has 1 saturated carbocycles. The van der Waals surface area contributed by atoms with Gasteiger partial charge in [-0.3, -0.25) is 14.6 Å². The summed E-state index contributed by atoms with van der Waals surface area (Å²) in [6.07, 6.45) is 10.2. The van der Waals surface area contributed by atoms with Crippen molar-refractivity contribution >= 4 is 11.8 Å². The Balaban J connectivity index is 1.25. The first-order chi connectivity index (χ1) is 15.0. The highest BCUT2D eigenvalue weighted by Crippen LogP contribution is 2.29. The standard InChI is InChI=1S/C25H38N4O2/c1-18(2)28-13-11-20(12-14-28)25(31)29-15-9-19(10-16-29)23-8-7-21(17-26-23)24(30)27-22-5-3-4-6-22/h7-8,17-20,22H,3-6,9-16H2,1-2H3,(H,27,30). The van der Waals surface area contributed by atoms with E-state index in [9.17, 15) is 9.59 Å². The Morgan fingerprint density at radius 2 is 1.65 bits per heavy atom. The second kappa shape index (κ2) is 10.1. The van der Waals surface area contributed by atoms with Crippen molar-refractivity contribution in [3.05, 3.63) is 29.6 Å². The lowest BCUT2D eigenvalue weighted by atomic mass is 9.90. The van der Waals surface area contributed by atoms with Gasteiger partial charge in [0.15, 0.2) is 0 Å². The molecule has 31 heavy (non-hydrogen) atoms. The van der Waals surface area contributed by atoms with Crippen LogP contribution < -0.4 is 5.32 Å². The molecule has 6 nitrogen and oxygen atoms in total. The number of carbonyl (C=O) groups excluding carboxylic acids is 2. The first kappa shape index (κ1) is 22.3. The highest BCUT2D eigenvalue weighted by molar-refractivity contribution is 5.94. The van der Waals surface area contributed by atoms with Crippen LogP contribution in [0, 0.1) is 5.92 Å². The number of rotatable bonds is 5. The van der Waals surface area contributed by atoms with Crippen molar-refractivity contribution in [2.45, 2.75) is 83.2 Å². The molecule has 3 aliphatic rings. The van der Waals surface area contributed by atoms with Crippen LogP contribution in [0.25, 0.3) is 0 Å². The molecule has 2 amide bonds. The summed E-state index contributed by atoms with van der Waals surface area (Å²) in [5.41, 5.74) is 1.70. The lowest BCUT2D eigenvalue weighted by Crippen LogP contribution is -2.46. The molecule has 6 heteroatoms. The van der Waals surface area contributed by atoms with E-state index >= 15 is 0 Å². The topological polar surface area (TPSA) is 65.5 Å². The molecule has 1 aromatic rings. The molecule has 0 bridgehead atoms. The van der Waals surface area contributed by atoms with E-state index in [0.29, 0.717) is 29.5 Å². The minimum absolute atomic E-state index is 0.00474. The van der Waals surface area contributed by atoms with Gasteiger partial charge in [-0.25, -0.2) is 0 Å². The number of piperidine rings is 2. The molecule has 170 valence electrons. The van der Waals surface area contributed by atoms with Crippen molar-refractivity contribution in [1.29, 1.82) is 0 Å². The van der Waals surface area contributed by atoms with Gasteiger partial charge in [-0.15, -0.1) is 0 Å². The van der Waals surface area contributed by atoms with Crippen LogP contribution in [0.2, 0.25) is 0 Å². The average Bonchev–Trinajstić information content (AvgIpc) is 3.32. The molecular formula is C25H38N4O2. The third-order valence-electron chi connectivity index (χ3n) is 7.57. The minimum Gasteiger partial charge on any atom is -0.349 e. The van der Waals surface area contributed by atoms with Gasteiger partial charge in [-0.05, 0) is 77.6 Å². The molecule has 0 atom stereocenters. The Morgan fingerprint density at radius 1 is 0.968 bits per heavy atom. The molecule has 2 saturated heterocycles. The summed E-state index contributed by atoms with van der Waals surface area (Å²) in [5.74, 6) is 0.921. The molecule has 4 rings (SSSR count). The zero-order chi connectivity index (χ0) is 21.8. The molecule has 0 aromatic carbocycles. The number of nitrogens with zero attached hydrogens (tertiary/aromatic N) is 3. The van der Waals surface area contributed by atoms with Gasteiger partial charge in [0.25, 0.3) is 5.91 Å². The number of pyridine rings is 1. The molecule has 0 unspecified atom stereocenters. The van der Waals surface area contributed by atoms with Gasteiger partial charge >= 0.3 is 0 Å². The van der Waals surface area contributed by atoms with Gasteiger partial charge in [0.1, 0.15) is 0 Å². The number of nitrogens with one attached hydrogen (secondary N) is 1. The third-order valence-corrected chi connectivity index (χ3v) is 7.57. The fraction of sp³-hybridized carbons (Fsp3) is 0.720. The predicted molar refractivity (Wildman–Crippen MR) is 122 cm³/mol. The second-order valence-corrected chi connectivity index (χ2v) is 9.93. The van der Waals surface area contributed by atoms with Gasteiger partial charge in [-0.2, -0.15) is 0 Å². The zero-order valence-corrected chi connectivity index (χ0v) is 19.2. The SMILES string of the molecule is CC(C)N1CCC(C(=O)N2CCC(c3ccc(C(=O)NC4CCCC4)cn3)CC2)CC1. The summed E-state index contributed by atoms with van der Waals surface area (Å²) < 4.78 is 0. The van der Waals surface area contributed by atoms with Gasteiger partial charge in [0, 0.05) is 48.9 Å². The van der Waals surface area contributed by atoms with E-state index in [2.05, 4.69) is 33.9 Å². The minimum atomic E-state index is -0.00474.